The summed E-state index contributed by atoms with van der Waals surface area (Å²) in [6.07, 6.45) is 1.49. The molecule has 0 aliphatic heterocycles. The fraction of sp³-hybridized carbons (Fsp3) is 0.136. The minimum Gasteiger partial charge on any atom is -0.489 e. The number of sulfonamides is 1. The Balaban J connectivity index is 1.63. The maximum absolute atomic E-state index is 12.5. The molecule has 0 spiro atoms. The van der Waals surface area contributed by atoms with Crippen molar-refractivity contribution in [2.45, 2.75) is 18.4 Å². The number of ether oxygens (including phenoxy) is 1. The molecule has 0 aliphatic rings. The fourth-order valence-electron chi connectivity index (χ4n) is 2.50. The van der Waals surface area contributed by atoms with Gasteiger partial charge in [-0.2, -0.15) is 17.9 Å². The first-order valence-corrected chi connectivity index (χ1v) is 10.7. The lowest BCUT2D eigenvalue weighted by atomic mass is 10.2. The van der Waals surface area contributed by atoms with Crippen molar-refractivity contribution in [3.8, 4) is 5.75 Å². The van der Waals surface area contributed by atoms with Crippen molar-refractivity contribution in [3.05, 3.63) is 94.5 Å². The Bertz CT molecular complexity index is 1100. The molecule has 7 heteroatoms. The summed E-state index contributed by atoms with van der Waals surface area (Å²) < 4.78 is 31.8. The number of rotatable bonds is 7. The van der Waals surface area contributed by atoms with Gasteiger partial charge in [-0.15, -0.1) is 0 Å². The van der Waals surface area contributed by atoms with Gasteiger partial charge in [-0.3, -0.25) is 0 Å². The molecule has 0 heterocycles. The van der Waals surface area contributed by atoms with Crippen LogP contribution in [0.3, 0.4) is 0 Å². The predicted molar refractivity (Wildman–Crippen MR) is 116 cm³/mol. The van der Waals surface area contributed by atoms with Crippen LogP contribution in [0.15, 0.2) is 82.8 Å². The highest BCUT2D eigenvalue weighted by atomic mass is 35.5. The van der Waals surface area contributed by atoms with Crippen LogP contribution in [0.4, 0.5) is 0 Å². The number of aryl methyl sites for hydroxylation is 1. The summed E-state index contributed by atoms with van der Waals surface area (Å²) in [6, 6.07) is 21.4. The van der Waals surface area contributed by atoms with E-state index in [-0.39, 0.29) is 4.90 Å². The second-order valence-corrected chi connectivity index (χ2v) is 8.80. The van der Waals surface area contributed by atoms with E-state index in [0.29, 0.717) is 17.4 Å². The van der Waals surface area contributed by atoms with Gasteiger partial charge < -0.3 is 4.74 Å². The zero-order chi connectivity index (χ0) is 20.9. The standard InChI is InChI=1S/C22H21ClN2O3S/c1-17-7-13-21(14-8-17)29(26,27)25(2)24-15-18-9-11-20(12-10-18)28-16-19-5-3-4-6-22(19)23/h3-15H,16H2,1-2H3. The van der Waals surface area contributed by atoms with Crippen LogP contribution in [-0.2, 0) is 16.6 Å². The quantitative estimate of drug-likeness (QED) is 0.398. The molecule has 3 aromatic carbocycles. The van der Waals surface area contributed by atoms with E-state index in [2.05, 4.69) is 5.10 Å². The fourth-order valence-corrected chi connectivity index (χ4v) is 3.65. The second kappa shape index (κ2) is 9.11. The Hall–Kier alpha value is -2.83. The van der Waals surface area contributed by atoms with E-state index in [4.69, 9.17) is 16.3 Å². The van der Waals surface area contributed by atoms with Crippen LogP contribution in [0.25, 0.3) is 0 Å². The molecule has 0 fully saturated rings. The molecule has 0 N–H and O–H groups in total. The van der Waals surface area contributed by atoms with Crippen LogP contribution in [0, 0.1) is 6.92 Å². The molecule has 0 aromatic heterocycles. The van der Waals surface area contributed by atoms with Gasteiger partial charge in [0.05, 0.1) is 11.1 Å². The molecule has 0 bridgehead atoms. The van der Waals surface area contributed by atoms with E-state index in [1.54, 1.807) is 48.5 Å². The maximum atomic E-state index is 12.5. The van der Waals surface area contributed by atoms with E-state index >= 15 is 0 Å². The summed E-state index contributed by atoms with van der Waals surface area (Å²) in [4.78, 5) is 0.200. The van der Waals surface area contributed by atoms with E-state index in [1.165, 1.54) is 13.3 Å². The van der Waals surface area contributed by atoms with Gasteiger partial charge in [-0.1, -0.05) is 47.5 Å². The van der Waals surface area contributed by atoms with E-state index in [9.17, 15) is 8.42 Å². The monoisotopic (exact) mass is 428 g/mol. The molecule has 0 amide bonds. The summed E-state index contributed by atoms with van der Waals surface area (Å²) in [5.41, 5.74) is 2.65. The number of hydrazone groups is 1. The zero-order valence-electron chi connectivity index (χ0n) is 16.1. The number of hydrogen-bond acceptors (Lipinski definition) is 4. The van der Waals surface area contributed by atoms with Gasteiger partial charge in [0.2, 0.25) is 0 Å². The molecule has 0 radical (unpaired) electrons. The van der Waals surface area contributed by atoms with E-state index < -0.39 is 10.0 Å². The SMILES string of the molecule is Cc1ccc(S(=O)(=O)N(C)N=Cc2ccc(OCc3ccccc3Cl)cc2)cc1. The predicted octanol–water partition coefficient (Wildman–Crippen LogP) is 4.88. The topological polar surface area (TPSA) is 59.0 Å². The molecule has 3 aromatic rings. The average Bonchev–Trinajstić information content (AvgIpc) is 2.72. The summed E-state index contributed by atoms with van der Waals surface area (Å²) >= 11 is 6.12. The Morgan fingerprint density at radius 3 is 2.31 bits per heavy atom. The molecule has 0 unspecified atom stereocenters. The van der Waals surface area contributed by atoms with Crippen LogP contribution in [0.2, 0.25) is 5.02 Å². The number of hydrogen-bond donors (Lipinski definition) is 0. The molecule has 0 saturated heterocycles. The Morgan fingerprint density at radius 2 is 1.66 bits per heavy atom. The highest BCUT2D eigenvalue weighted by Gasteiger charge is 2.18. The summed E-state index contributed by atoms with van der Waals surface area (Å²) in [5.74, 6) is 0.683. The first kappa shape index (κ1) is 20.9. The third-order valence-electron chi connectivity index (χ3n) is 4.27. The van der Waals surface area contributed by atoms with Crippen molar-refractivity contribution >= 4 is 27.8 Å². The lowest BCUT2D eigenvalue weighted by Crippen LogP contribution is -2.21. The van der Waals surface area contributed by atoms with Crippen molar-refractivity contribution in [1.29, 1.82) is 0 Å². The Kier molecular flexibility index (Phi) is 6.56. The largest absolute Gasteiger partial charge is 0.489 e. The molecule has 0 atom stereocenters. The van der Waals surface area contributed by atoms with Crippen molar-refractivity contribution in [1.82, 2.24) is 4.41 Å². The van der Waals surface area contributed by atoms with Gasteiger partial charge in [-0.05, 0) is 55.0 Å². The van der Waals surface area contributed by atoms with Crippen molar-refractivity contribution in [2.24, 2.45) is 5.10 Å². The summed E-state index contributed by atoms with van der Waals surface area (Å²) in [7, 11) is -2.27. The van der Waals surface area contributed by atoms with Crippen LogP contribution in [-0.4, -0.2) is 26.1 Å². The highest BCUT2D eigenvalue weighted by Crippen LogP contribution is 2.19. The van der Waals surface area contributed by atoms with Crippen molar-refractivity contribution in [3.63, 3.8) is 0 Å². The Labute approximate surface area is 176 Å². The molecule has 150 valence electrons. The smallest absolute Gasteiger partial charge is 0.278 e. The normalized spacial score (nSPS) is 11.6. The van der Waals surface area contributed by atoms with Crippen LogP contribution >= 0.6 is 11.6 Å². The molecular weight excluding hydrogens is 408 g/mol. The first-order valence-electron chi connectivity index (χ1n) is 8.92. The molecule has 0 saturated carbocycles. The maximum Gasteiger partial charge on any atom is 0.278 e. The lowest BCUT2D eigenvalue weighted by Gasteiger charge is -2.13. The highest BCUT2D eigenvalue weighted by molar-refractivity contribution is 7.89. The number of benzene rings is 3. The summed E-state index contributed by atoms with van der Waals surface area (Å²) in [6.45, 7) is 2.27. The van der Waals surface area contributed by atoms with Crippen LogP contribution in [0.5, 0.6) is 5.75 Å². The van der Waals surface area contributed by atoms with Gasteiger partial charge in [-0.25, -0.2) is 0 Å². The molecule has 3 rings (SSSR count). The van der Waals surface area contributed by atoms with Gasteiger partial charge in [0.25, 0.3) is 10.0 Å². The van der Waals surface area contributed by atoms with Crippen LogP contribution in [0.1, 0.15) is 16.7 Å². The molecule has 29 heavy (non-hydrogen) atoms. The average molecular weight is 429 g/mol. The van der Waals surface area contributed by atoms with E-state index in [1.807, 2.05) is 31.2 Å². The first-order chi connectivity index (χ1) is 13.9. The third-order valence-corrected chi connectivity index (χ3v) is 6.29. The van der Waals surface area contributed by atoms with Gasteiger partial charge >= 0.3 is 0 Å². The molecule has 5 nitrogen and oxygen atoms in total. The van der Waals surface area contributed by atoms with E-state index in [0.717, 1.165) is 21.1 Å². The minimum absolute atomic E-state index is 0.200. The van der Waals surface area contributed by atoms with Gasteiger partial charge in [0.1, 0.15) is 12.4 Å². The molecule has 0 aliphatic carbocycles. The number of nitrogens with zero attached hydrogens (tertiary/aromatic N) is 2. The van der Waals surface area contributed by atoms with Gasteiger partial charge in [0, 0.05) is 17.6 Å². The van der Waals surface area contributed by atoms with Crippen molar-refractivity contribution < 1.29 is 13.2 Å². The second-order valence-electron chi connectivity index (χ2n) is 6.45. The number of halogens is 1. The zero-order valence-corrected chi connectivity index (χ0v) is 17.7. The molecular formula is C22H21ClN2O3S. The van der Waals surface area contributed by atoms with Crippen molar-refractivity contribution in [2.75, 3.05) is 7.05 Å². The Morgan fingerprint density at radius 1 is 1.00 bits per heavy atom. The minimum atomic E-state index is -3.68. The lowest BCUT2D eigenvalue weighted by molar-refractivity contribution is 0.306. The summed E-state index contributed by atoms with van der Waals surface area (Å²) in [5, 5.41) is 4.72. The third kappa shape index (κ3) is 5.37. The van der Waals surface area contributed by atoms with Gasteiger partial charge in [0.15, 0.2) is 0 Å². The van der Waals surface area contributed by atoms with Crippen LogP contribution < -0.4 is 4.74 Å².